The molecule has 0 saturated carbocycles. The highest BCUT2D eigenvalue weighted by molar-refractivity contribution is 9.10. The number of methoxy groups -OCH3 is 1. The predicted molar refractivity (Wildman–Crippen MR) is 122 cm³/mol. The summed E-state index contributed by atoms with van der Waals surface area (Å²) in [6.45, 7) is 0.0181. The SMILES string of the molecule is COC(=O)CN[C@@H](c1ccccc1)c1cc(Br)ccc1NC(=O)c1cccc(Cl)c1. The first-order valence-electron chi connectivity index (χ1n) is 9.19. The molecule has 0 aliphatic heterocycles. The van der Waals surface area contributed by atoms with Crippen LogP contribution in [0.4, 0.5) is 5.69 Å². The molecule has 7 heteroatoms. The molecule has 0 aliphatic rings. The number of benzene rings is 3. The minimum Gasteiger partial charge on any atom is -0.468 e. The maximum atomic E-state index is 12.8. The smallest absolute Gasteiger partial charge is 0.319 e. The zero-order valence-corrected chi connectivity index (χ0v) is 18.5. The van der Waals surface area contributed by atoms with E-state index in [9.17, 15) is 9.59 Å². The summed E-state index contributed by atoms with van der Waals surface area (Å²) in [4.78, 5) is 24.5. The molecule has 30 heavy (non-hydrogen) atoms. The van der Waals surface area contributed by atoms with E-state index in [-0.39, 0.29) is 24.5 Å². The van der Waals surface area contributed by atoms with Crippen LogP contribution < -0.4 is 10.6 Å². The van der Waals surface area contributed by atoms with Gasteiger partial charge in [-0.3, -0.25) is 14.9 Å². The van der Waals surface area contributed by atoms with E-state index in [4.69, 9.17) is 16.3 Å². The molecule has 0 spiro atoms. The maximum Gasteiger partial charge on any atom is 0.319 e. The Bertz CT molecular complexity index is 1040. The Hall–Kier alpha value is -2.67. The predicted octanol–water partition coefficient (Wildman–Crippen LogP) is 5.21. The van der Waals surface area contributed by atoms with Gasteiger partial charge in [0.2, 0.25) is 0 Å². The van der Waals surface area contributed by atoms with Crippen LogP contribution in [0.5, 0.6) is 0 Å². The molecular weight excluding hydrogens is 468 g/mol. The number of nitrogens with one attached hydrogen (secondary N) is 2. The molecule has 1 amide bonds. The lowest BCUT2D eigenvalue weighted by Gasteiger charge is -2.23. The zero-order chi connectivity index (χ0) is 21.5. The average Bonchev–Trinajstić information content (AvgIpc) is 2.76. The van der Waals surface area contributed by atoms with Crippen LogP contribution in [0, 0.1) is 0 Å². The lowest BCUT2D eigenvalue weighted by Crippen LogP contribution is -2.30. The Labute approximate surface area is 188 Å². The standard InChI is InChI=1S/C23H20BrClN2O3/c1-30-21(28)14-26-22(15-6-3-2-4-7-15)19-13-17(24)10-11-20(19)27-23(29)16-8-5-9-18(25)12-16/h2-13,22,26H,14H2,1H3,(H,27,29)/t22-/m0/s1. The van der Waals surface area contributed by atoms with Crippen LogP contribution >= 0.6 is 27.5 Å². The highest BCUT2D eigenvalue weighted by Crippen LogP contribution is 2.31. The van der Waals surface area contributed by atoms with E-state index in [0.29, 0.717) is 16.3 Å². The molecule has 1 atom stereocenters. The van der Waals surface area contributed by atoms with Crippen molar-refractivity contribution in [3.05, 3.63) is 99.0 Å². The van der Waals surface area contributed by atoms with E-state index in [0.717, 1.165) is 15.6 Å². The summed E-state index contributed by atoms with van der Waals surface area (Å²) in [5, 5.41) is 6.67. The van der Waals surface area contributed by atoms with Crippen molar-refractivity contribution in [1.82, 2.24) is 5.32 Å². The van der Waals surface area contributed by atoms with E-state index >= 15 is 0 Å². The van der Waals surface area contributed by atoms with Gasteiger partial charge in [-0.25, -0.2) is 0 Å². The highest BCUT2D eigenvalue weighted by atomic mass is 79.9. The first-order chi connectivity index (χ1) is 14.5. The number of anilines is 1. The molecule has 0 fully saturated rings. The van der Waals surface area contributed by atoms with Gasteiger partial charge in [0.1, 0.15) is 0 Å². The van der Waals surface area contributed by atoms with Crippen molar-refractivity contribution in [2.45, 2.75) is 6.04 Å². The molecule has 3 aromatic rings. The van der Waals surface area contributed by atoms with Crippen LogP contribution in [-0.4, -0.2) is 25.5 Å². The molecule has 0 aliphatic carbocycles. The van der Waals surface area contributed by atoms with E-state index < -0.39 is 0 Å². The third-order valence-corrected chi connectivity index (χ3v) is 5.20. The summed E-state index contributed by atoms with van der Waals surface area (Å²) in [6, 6.07) is 21.7. The van der Waals surface area contributed by atoms with Crippen molar-refractivity contribution in [3.8, 4) is 0 Å². The molecule has 0 saturated heterocycles. The highest BCUT2D eigenvalue weighted by Gasteiger charge is 2.20. The lowest BCUT2D eigenvalue weighted by atomic mass is 9.96. The van der Waals surface area contributed by atoms with Gasteiger partial charge in [0.05, 0.1) is 19.7 Å². The molecule has 5 nitrogen and oxygen atoms in total. The second-order valence-corrected chi connectivity index (χ2v) is 7.85. The number of hydrogen-bond acceptors (Lipinski definition) is 4. The van der Waals surface area contributed by atoms with Crippen LogP contribution in [-0.2, 0) is 9.53 Å². The monoisotopic (exact) mass is 486 g/mol. The Morgan fingerprint density at radius 3 is 2.50 bits per heavy atom. The van der Waals surface area contributed by atoms with Gasteiger partial charge >= 0.3 is 5.97 Å². The van der Waals surface area contributed by atoms with Gasteiger partial charge in [0, 0.05) is 20.7 Å². The third-order valence-electron chi connectivity index (χ3n) is 4.47. The zero-order valence-electron chi connectivity index (χ0n) is 16.2. The van der Waals surface area contributed by atoms with Crippen LogP contribution in [0.2, 0.25) is 5.02 Å². The molecule has 0 unspecified atom stereocenters. The summed E-state index contributed by atoms with van der Waals surface area (Å²) < 4.78 is 5.61. The van der Waals surface area contributed by atoms with Gasteiger partial charge in [-0.15, -0.1) is 0 Å². The van der Waals surface area contributed by atoms with Crippen molar-refractivity contribution in [2.24, 2.45) is 0 Å². The summed E-state index contributed by atoms with van der Waals surface area (Å²) in [5.74, 6) is -0.656. The second-order valence-electron chi connectivity index (χ2n) is 6.50. The van der Waals surface area contributed by atoms with E-state index in [2.05, 4.69) is 26.6 Å². The number of esters is 1. The third kappa shape index (κ3) is 5.69. The van der Waals surface area contributed by atoms with Gasteiger partial charge in [-0.2, -0.15) is 0 Å². The number of halogens is 2. The summed E-state index contributed by atoms with van der Waals surface area (Å²) >= 11 is 9.52. The van der Waals surface area contributed by atoms with Crippen molar-refractivity contribution in [3.63, 3.8) is 0 Å². The largest absolute Gasteiger partial charge is 0.468 e. The number of amides is 1. The summed E-state index contributed by atoms with van der Waals surface area (Å²) in [6.07, 6.45) is 0. The minimum absolute atomic E-state index is 0.0181. The maximum absolute atomic E-state index is 12.8. The Kier molecular flexibility index (Phi) is 7.63. The topological polar surface area (TPSA) is 67.4 Å². The summed E-state index contributed by atoms with van der Waals surface area (Å²) in [7, 11) is 1.34. The van der Waals surface area contributed by atoms with Crippen molar-refractivity contribution in [2.75, 3.05) is 19.0 Å². The van der Waals surface area contributed by atoms with Crippen LogP contribution in [0.1, 0.15) is 27.5 Å². The number of rotatable bonds is 7. The van der Waals surface area contributed by atoms with Crippen LogP contribution in [0.3, 0.4) is 0 Å². The van der Waals surface area contributed by atoms with Crippen molar-refractivity contribution >= 4 is 45.1 Å². The molecule has 0 heterocycles. The first kappa shape index (κ1) is 22.0. The van der Waals surface area contributed by atoms with Gasteiger partial charge in [-0.05, 0) is 47.5 Å². The summed E-state index contributed by atoms with van der Waals surface area (Å²) in [5.41, 5.74) is 2.82. The van der Waals surface area contributed by atoms with Crippen LogP contribution in [0.15, 0.2) is 77.3 Å². The molecule has 0 bridgehead atoms. The molecule has 0 radical (unpaired) electrons. The van der Waals surface area contributed by atoms with Gasteiger partial charge < -0.3 is 10.1 Å². The van der Waals surface area contributed by atoms with E-state index in [1.165, 1.54) is 7.11 Å². The van der Waals surface area contributed by atoms with Gasteiger partial charge in [0.25, 0.3) is 5.91 Å². The van der Waals surface area contributed by atoms with E-state index in [1.54, 1.807) is 24.3 Å². The Morgan fingerprint density at radius 2 is 1.80 bits per heavy atom. The fraction of sp³-hybridized carbons (Fsp3) is 0.130. The minimum atomic E-state index is -0.379. The number of hydrogen-bond donors (Lipinski definition) is 2. The number of ether oxygens (including phenoxy) is 1. The number of carbonyl (C=O) groups excluding carboxylic acids is 2. The van der Waals surface area contributed by atoms with E-state index in [1.807, 2.05) is 48.5 Å². The quantitative estimate of drug-likeness (QED) is 0.449. The molecule has 3 rings (SSSR count). The normalized spacial score (nSPS) is 11.6. The number of carbonyl (C=O) groups is 2. The average molecular weight is 488 g/mol. The molecule has 0 aromatic heterocycles. The first-order valence-corrected chi connectivity index (χ1v) is 10.4. The lowest BCUT2D eigenvalue weighted by molar-refractivity contribution is -0.139. The molecule has 2 N–H and O–H groups in total. The van der Waals surface area contributed by atoms with Crippen molar-refractivity contribution in [1.29, 1.82) is 0 Å². The van der Waals surface area contributed by atoms with Crippen LogP contribution in [0.25, 0.3) is 0 Å². The molecular formula is C23H20BrClN2O3. The molecule has 3 aromatic carbocycles. The van der Waals surface area contributed by atoms with Gasteiger partial charge in [0.15, 0.2) is 0 Å². The molecule has 154 valence electrons. The fourth-order valence-electron chi connectivity index (χ4n) is 3.02. The van der Waals surface area contributed by atoms with Crippen molar-refractivity contribution < 1.29 is 14.3 Å². The Balaban J connectivity index is 1.97. The van der Waals surface area contributed by atoms with Gasteiger partial charge in [-0.1, -0.05) is 63.9 Å². The Morgan fingerprint density at radius 1 is 1.03 bits per heavy atom. The fourth-order valence-corrected chi connectivity index (χ4v) is 3.59. The second kappa shape index (κ2) is 10.4.